The predicted octanol–water partition coefficient (Wildman–Crippen LogP) is 1.02. The quantitative estimate of drug-likeness (QED) is 0.798. The maximum Gasteiger partial charge on any atom is 0.182 e. The Morgan fingerprint density at radius 3 is 2.65 bits per heavy atom. The number of carbonyl (C=O) groups excluding carboxylic acids is 1. The van der Waals surface area contributed by atoms with Crippen molar-refractivity contribution in [2.24, 2.45) is 0 Å². The number of nitrogens with zero attached hydrogens (tertiary/aromatic N) is 3. The highest BCUT2D eigenvalue weighted by molar-refractivity contribution is 5.93. The lowest BCUT2D eigenvalue weighted by Crippen LogP contribution is -2.08. The van der Waals surface area contributed by atoms with Gasteiger partial charge in [-0.1, -0.05) is 35.5 Å². The molecule has 0 spiro atoms. The Bertz CT molecular complexity index is 520. The van der Waals surface area contributed by atoms with E-state index in [0.717, 1.165) is 5.56 Å². The smallest absolute Gasteiger partial charge is 0.182 e. The van der Waals surface area contributed by atoms with Gasteiger partial charge in [-0.2, -0.15) is 0 Å². The summed E-state index contributed by atoms with van der Waals surface area (Å²) in [7, 11) is 0. The largest absolute Gasteiger partial charge is 0.390 e. The molecule has 0 atom stereocenters. The van der Waals surface area contributed by atoms with E-state index in [1.165, 1.54) is 6.92 Å². The van der Waals surface area contributed by atoms with E-state index < -0.39 is 0 Å². The topological polar surface area (TPSA) is 68.0 Å². The van der Waals surface area contributed by atoms with Crippen LogP contribution in [0.25, 0.3) is 0 Å². The van der Waals surface area contributed by atoms with Crippen LogP contribution in [-0.4, -0.2) is 25.9 Å². The van der Waals surface area contributed by atoms with E-state index >= 15 is 0 Å². The van der Waals surface area contributed by atoms with Gasteiger partial charge in [-0.3, -0.25) is 4.79 Å². The van der Waals surface area contributed by atoms with Crippen molar-refractivity contribution in [1.82, 2.24) is 15.0 Å². The summed E-state index contributed by atoms with van der Waals surface area (Å²) in [5.74, 6) is -0.187. The molecule has 0 amide bonds. The second-order valence-corrected chi connectivity index (χ2v) is 3.74. The Kier molecular flexibility index (Phi) is 3.30. The van der Waals surface area contributed by atoms with E-state index in [-0.39, 0.29) is 18.1 Å². The number of aromatic nitrogens is 3. The minimum atomic E-state index is -0.241. The lowest BCUT2D eigenvalue weighted by atomic mass is 10.2. The molecule has 0 aliphatic rings. The van der Waals surface area contributed by atoms with Gasteiger partial charge in [0.1, 0.15) is 0 Å². The molecule has 0 fully saturated rings. The average molecular weight is 231 g/mol. The van der Waals surface area contributed by atoms with Crippen LogP contribution in [0.5, 0.6) is 0 Å². The van der Waals surface area contributed by atoms with Gasteiger partial charge in [0.15, 0.2) is 11.5 Å². The highest BCUT2D eigenvalue weighted by atomic mass is 16.3. The highest BCUT2D eigenvalue weighted by Crippen LogP contribution is 2.09. The zero-order chi connectivity index (χ0) is 12.3. The molecule has 0 radical (unpaired) electrons. The summed E-state index contributed by atoms with van der Waals surface area (Å²) < 4.78 is 1.55. The molecule has 17 heavy (non-hydrogen) atoms. The fraction of sp³-hybridized carbons (Fsp3) is 0.250. The van der Waals surface area contributed by atoms with Crippen molar-refractivity contribution in [3.8, 4) is 0 Å². The number of benzene rings is 1. The summed E-state index contributed by atoms with van der Waals surface area (Å²) in [6.07, 6.45) is 0. The summed E-state index contributed by atoms with van der Waals surface area (Å²) in [6.45, 7) is 1.67. The number of carbonyl (C=O) groups is 1. The van der Waals surface area contributed by atoms with E-state index in [1.54, 1.807) is 4.68 Å². The minimum absolute atomic E-state index is 0.187. The maximum absolute atomic E-state index is 11.3. The van der Waals surface area contributed by atoms with Gasteiger partial charge in [-0.15, -0.1) is 5.10 Å². The minimum Gasteiger partial charge on any atom is -0.390 e. The van der Waals surface area contributed by atoms with Crippen LogP contribution in [0.4, 0.5) is 0 Å². The summed E-state index contributed by atoms with van der Waals surface area (Å²) in [5.41, 5.74) is 1.74. The molecule has 1 aromatic carbocycles. The Morgan fingerprint density at radius 2 is 2.06 bits per heavy atom. The molecule has 0 saturated heterocycles. The lowest BCUT2D eigenvalue weighted by molar-refractivity contribution is 0.100. The van der Waals surface area contributed by atoms with Gasteiger partial charge < -0.3 is 5.11 Å². The van der Waals surface area contributed by atoms with Gasteiger partial charge in [-0.25, -0.2) is 4.68 Å². The van der Waals surface area contributed by atoms with Crippen molar-refractivity contribution < 1.29 is 9.90 Å². The second-order valence-electron chi connectivity index (χ2n) is 3.74. The SMILES string of the molecule is CC(=O)c1nnn(Cc2ccccc2)c1CO. The zero-order valence-corrected chi connectivity index (χ0v) is 9.50. The summed E-state index contributed by atoms with van der Waals surface area (Å²) >= 11 is 0. The lowest BCUT2D eigenvalue weighted by Gasteiger charge is -2.04. The first-order chi connectivity index (χ1) is 8.22. The summed E-state index contributed by atoms with van der Waals surface area (Å²) in [4.78, 5) is 11.3. The summed E-state index contributed by atoms with van der Waals surface area (Å²) in [5, 5.41) is 16.9. The number of aliphatic hydroxyl groups excluding tert-OH is 1. The Hall–Kier alpha value is -2.01. The Balaban J connectivity index is 2.31. The molecule has 0 unspecified atom stereocenters. The maximum atomic E-state index is 11.3. The monoisotopic (exact) mass is 231 g/mol. The number of rotatable bonds is 4. The van der Waals surface area contributed by atoms with Crippen molar-refractivity contribution in [3.05, 3.63) is 47.3 Å². The molecule has 2 aromatic rings. The van der Waals surface area contributed by atoms with E-state index in [9.17, 15) is 9.90 Å². The first kappa shape index (κ1) is 11.5. The number of Topliss-reactive ketones (excluding diaryl/α,β-unsaturated/α-hetero) is 1. The van der Waals surface area contributed by atoms with Crippen LogP contribution in [-0.2, 0) is 13.2 Å². The third-order valence-electron chi connectivity index (χ3n) is 2.50. The molecule has 5 heteroatoms. The normalized spacial score (nSPS) is 10.5. The highest BCUT2D eigenvalue weighted by Gasteiger charge is 2.15. The molecule has 88 valence electrons. The molecule has 1 N–H and O–H groups in total. The number of aliphatic hydroxyl groups is 1. The molecular formula is C12H13N3O2. The first-order valence-corrected chi connectivity index (χ1v) is 5.30. The molecular weight excluding hydrogens is 218 g/mol. The molecule has 0 saturated carbocycles. The number of hydrogen-bond acceptors (Lipinski definition) is 4. The predicted molar refractivity (Wildman–Crippen MR) is 61.5 cm³/mol. The van der Waals surface area contributed by atoms with Crippen LogP contribution in [0.2, 0.25) is 0 Å². The standard InChI is InChI=1S/C12H13N3O2/c1-9(17)12-11(8-16)15(14-13-12)7-10-5-3-2-4-6-10/h2-6,16H,7-8H2,1H3. The zero-order valence-electron chi connectivity index (χ0n) is 9.50. The molecule has 1 aromatic heterocycles. The Labute approximate surface area is 98.7 Å². The van der Waals surface area contributed by atoms with Gasteiger partial charge in [0.05, 0.1) is 18.8 Å². The fourth-order valence-corrected chi connectivity index (χ4v) is 1.65. The number of hydrogen-bond donors (Lipinski definition) is 1. The van der Waals surface area contributed by atoms with E-state index in [2.05, 4.69) is 10.3 Å². The number of ketones is 1. The van der Waals surface area contributed by atoms with Gasteiger partial charge >= 0.3 is 0 Å². The van der Waals surface area contributed by atoms with Crippen molar-refractivity contribution in [2.45, 2.75) is 20.1 Å². The fourth-order valence-electron chi connectivity index (χ4n) is 1.65. The third-order valence-corrected chi connectivity index (χ3v) is 2.50. The van der Waals surface area contributed by atoms with Gasteiger partial charge in [0.2, 0.25) is 0 Å². The van der Waals surface area contributed by atoms with Gasteiger partial charge in [0, 0.05) is 6.92 Å². The second kappa shape index (κ2) is 4.88. The van der Waals surface area contributed by atoms with Crippen LogP contribution in [0.3, 0.4) is 0 Å². The van der Waals surface area contributed by atoms with Crippen molar-refractivity contribution in [2.75, 3.05) is 0 Å². The van der Waals surface area contributed by atoms with Crippen molar-refractivity contribution in [1.29, 1.82) is 0 Å². The van der Waals surface area contributed by atoms with E-state index in [1.807, 2.05) is 30.3 Å². The van der Waals surface area contributed by atoms with Crippen LogP contribution >= 0.6 is 0 Å². The van der Waals surface area contributed by atoms with E-state index in [0.29, 0.717) is 12.2 Å². The molecule has 5 nitrogen and oxygen atoms in total. The summed E-state index contributed by atoms with van der Waals surface area (Å²) in [6, 6.07) is 9.69. The van der Waals surface area contributed by atoms with Crippen molar-refractivity contribution in [3.63, 3.8) is 0 Å². The molecule has 0 aliphatic heterocycles. The van der Waals surface area contributed by atoms with Crippen molar-refractivity contribution >= 4 is 5.78 Å². The van der Waals surface area contributed by atoms with Gasteiger partial charge in [0.25, 0.3) is 0 Å². The van der Waals surface area contributed by atoms with E-state index in [4.69, 9.17) is 0 Å². The molecule has 2 rings (SSSR count). The Morgan fingerprint density at radius 1 is 1.35 bits per heavy atom. The molecule has 0 bridgehead atoms. The van der Waals surface area contributed by atoms with Crippen LogP contribution in [0.1, 0.15) is 28.7 Å². The van der Waals surface area contributed by atoms with Gasteiger partial charge in [-0.05, 0) is 5.56 Å². The molecule has 1 heterocycles. The first-order valence-electron chi connectivity index (χ1n) is 5.30. The third kappa shape index (κ3) is 2.39. The van der Waals surface area contributed by atoms with Crippen LogP contribution in [0.15, 0.2) is 30.3 Å². The van der Waals surface area contributed by atoms with Crippen LogP contribution in [0, 0.1) is 0 Å². The molecule has 0 aliphatic carbocycles. The van der Waals surface area contributed by atoms with Crippen LogP contribution < -0.4 is 0 Å². The average Bonchev–Trinajstić information content (AvgIpc) is 2.73.